The third-order valence-electron chi connectivity index (χ3n) is 5.86. The van der Waals surface area contributed by atoms with Gasteiger partial charge in [-0.05, 0) is 44.9 Å². The lowest BCUT2D eigenvalue weighted by molar-refractivity contribution is -0.310. The molecule has 3 aliphatic rings. The summed E-state index contributed by atoms with van der Waals surface area (Å²) in [6, 6.07) is 0. The van der Waals surface area contributed by atoms with Gasteiger partial charge in [-0.3, -0.25) is 0 Å². The molecular weight excluding hydrogens is 228 g/mol. The molecule has 0 radical (unpaired) electrons. The Morgan fingerprint density at radius 3 is 2.72 bits per heavy atom. The summed E-state index contributed by atoms with van der Waals surface area (Å²) in [7, 11) is 0. The molecule has 3 nitrogen and oxygen atoms in total. The first-order valence-corrected chi connectivity index (χ1v) is 7.59. The third kappa shape index (κ3) is 1.67. The van der Waals surface area contributed by atoms with E-state index in [0.717, 1.165) is 38.5 Å². The van der Waals surface area contributed by atoms with E-state index < -0.39 is 5.60 Å². The van der Waals surface area contributed by atoms with Crippen LogP contribution in [-0.2, 0) is 9.47 Å². The Labute approximate surface area is 110 Å². The van der Waals surface area contributed by atoms with Crippen molar-refractivity contribution in [3.63, 3.8) is 0 Å². The van der Waals surface area contributed by atoms with Gasteiger partial charge in [0.25, 0.3) is 0 Å². The van der Waals surface area contributed by atoms with Gasteiger partial charge in [0.2, 0.25) is 0 Å². The fourth-order valence-electron chi connectivity index (χ4n) is 4.76. The molecule has 1 saturated heterocycles. The largest absolute Gasteiger partial charge is 0.389 e. The van der Waals surface area contributed by atoms with E-state index in [-0.39, 0.29) is 17.8 Å². The molecule has 0 aromatic carbocycles. The molecule has 3 fully saturated rings. The molecule has 1 aliphatic heterocycles. The van der Waals surface area contributed by atoms with E-state index in [1.807, 2.05) is 6.92 Å². The monoisotopic (exact) mass is 254 g/mol. The quantitative estimate of drug-likeness (QED) is 0.823. The first-order chi connectivity index (χ1) is 8.60. The second kappa shape index (κ2) is 4.46. The highest BCUT2D eigenvalue weighted by molar-refractivity contribution is 5.11. The first-order valence-electron chi connectivity index (χ1n) is 7.59. The SMILES string of the molecule is CCO[C@H]1C[C@H]2CCC[C@]3(O)CCC[C@@H](O1)[C@@]23C. The number of rotatable bonds is 2. The standard InChI is InChI=1S/C15H26O3/c1-3-17-13-10-11-6-4-8-15(16)9-5-7-12(18-13)14(11,15)2/h11-13,16H,3-10H2,1-2H3/t11-,12-,13-,14-,15+/m1/s1. The van der Waals surface area contributed by atoms with Gasteiger partial charge in [-0.25, -0.2) is 0 Å². The van der Waals surface area contributed by atoms with Gasteiger partial charge in [-0.15, -0.1) is 0 Å². The molecule has 0 spiro atoms. The topological polar surface area (TPSA) is 38.7 Å². The van der Waals surface area contributed by atoms with Crippen molar-refractivity contribution in [1.82, 2.24) is 0 Å². The van der Waals surface area contributed by atoms with Crippen LogP contribution in [0.25, 0.3) is 0 Å². The lowest BCUT2D eigenvalue weighted by Crippen LogP contribution is -2.65. The fraction of sp³-hybridized carbons (Fsp3) is 1.00. The fourth-order valence-corrected chi connectivity index (χ4v) is 4.76. The van der Waals surface area contributed by atoms with Crippen molar-refractivity contribution in [2.45, 2.75) is 76.8 Å². The highest BCUT2D eigenvalue weighted by atomic mass is 16.7. The molecule has 2 aliphatic carbocycles. The molecule has 1 heterocycles. The normalized spacial score (nSPS) is 51.8. The van der Waals surface area contributed by atoms with Gasteiger partial charge < -0.3 is 14.6 Å². The van der Waals surface area contributed by atoms with Crippen LogP contribution < -0.4 is 0 Å². The Balaban J connectivity index is 1.88. The van der Waals surface area contributed by atoms with Crippen LogP contribution in [0.1, 0.15) is 58.8 Å². The van der Waals surface area contributed by atoms with E-state index in [4.69, 9.17) is 9.47 Å². The molecular formula is C15H26O3. The highest BCUT2D eigenvalue weighted by Gasteiger charge is 2.62. The molecule has 18 heavy (non-hydrogen) atoms. The molecule has 0 bridgehead atoms. The van der Waals surface area contributed by atoms with Gasteiger partial charge in [-0.1, -0.05) is 13.3 Å². The lowest BCUT2D eigenvalue weighted by Gasteiger charge is -2.62. The summed E-state index contributed by atoms with van der Waals surface area (Å²) in [5.74, 6) is 0.562. The van der Waals surface area contributed by atoms with E-state index in [0.29, 0.717) is 12.5 Å². The van der Waals surface area contributed by atoms with Crippen molar-refractivity contribution in [2.24, 2.45) is 11.3 Å². The van der Waals surface area contributed by atoms with Crippen molar-refractivity contribution >= 4 is 0 Å². The van der Waals surface area contributed by atoms with Crippen molar-refractivity contribution in [2.75, 3.05) is 6.61 Å². The van der Waals surface area contributed by atoms with Gasteiger partial charge in [0.1, 0.15) is 0 Å². The van der Waals surface area contributed by atoms with Gasteiger partial charge in [-0.2, -0.15) is 0 Å². The maximum atomic E-state index is 11.1. The maximum Gasteiger partial charge on any atom is 0.158 e. The Kier molecular flexibility index (Phi) is 3.20. The van der Waals surface area contributed by atoms with E-state index in [1.165, 1.54) is 6.42 Å². The Morgan fingerprint density at radius 2 is 2.00 bits per heavy atom. The Bertz CT molecular complexity index is 295. The predicted molar refractivity (Wildman–Crippen MR) is 69.2 cm³/mol. The summed E-state index contributed by atoms with van der Waals surface area (Å²) in [6.45, 7) is 5.00. The number of aliphatic hydroxyl groups is 1. The Hall–Kier alpha value is -0.120. The van der Waals surface area contributed by atoms with Gasteiger partial charge >= 0.3 is 0 Å². The predicted octanol–water partition coefficient (Wildman–Crippen LogP) is 2.86. The maximum absolute atomic E-state index is 11.1. The molecule has 104 valence electrons. The molecule has 0 unspecified atom stereocenters. The van der Waals surface area contributed by atoms with Crippen molar-refractivity contribution in [3.8, 4) is 0 Å². The van der Waals surface area contributed by atoms with Crippen LogP contribution >= 0.6 is 0 Å². The summed E-state index contributed by atoms with van der Waals surface area (Å²) in [5, 5.41) is 11.1. The van der Waals surface area contributed by atoms with Crippen LogP contribution in [0.15, 0.2) is 0 Å². The second-order valence-electron chi connectivity index (χ2n) is 6.54. The highest BCUT2D eigenvalue weighted by Crippen LogP contribution is 2.60. The van der Waals surface area contributed by atoms with Gasteiger partial charge in [0.05, 0.1) is 11.7 Å². The lowest BCUT2D eigenvalue weighted by atomic mass is 9.50. The average molecular weight is 254 g/mol. The van der Waals surface area contributed by atoms with Crippen LogP contribution in [0, 0.1) is 11.3 Å². The number of ether oxygens (including phenoxy) is 2. The zero-order valence-corrected chi connectivity index (χ0v) is 11.7. The average Bonchev–Trinajstić information content (AvgIpc) is 2.32. The van der Waals surface area contributed by atoms with E-state index in [2.05, 4.69) is 6.92 Å². The molecule has 0 aromatic heterocycles. The summed E-state index contributed by atoms with van der Waals surface area (Å²) in [5.41, 5.74) is -0.535. The van der Waals surface area contributed by atoms with Gasteiger partial charge in [0.15, 0.2) is 6.29 Å². The molecule has 1 N–H and O–H groups in total. The second-order valence-corrected chi connectivity index (χ2v) is 6.54. The first kappa shape index (κ1) is 12.9. The van der Waals surface area contributed by atoms with Crippen LogP contribution in [0.2, 0.25) is 0 Å². The minimum absolute atomic E-state index is 0.0430. The van der Waals surface area contributed by atoms with Crippen molar-refractivity contribution < 1.29 is 14.6 Å². The summed E-state index contributed by atoms with van der Waals surface area (Å²) >= 11 is 0. The summed E-state index contributed by atoms with van der Waals surface area (Å²) in [4.78, 5) is 0. The van der Waals surface area contributed by atoms with Crippen LogP contribution in [0.5, 0.6) is 0 Å². The van der Waals surface area contributed by atoms with Gasteiger partial charge in [0, 0.05) is 18.4 Å². The van der Waals surface area contributed by atoms with Crippen LogP contribution in [0.4, 0.5) is 0 Å². The van der Waals surface area contributed by atoms with Crippen LogP contribution in [0.3, 0.4) is 0 Å². The molecule has 0 amide bonds. The zero-order valence-electron chi connectivity index (χ0n) is 11.7. The van der Waals surface area contributed by atoms with E-state index in [1.54, 1.807) is 0 Å². The molecule has 3 heteroatoms. The molecule has 0 aromatic rings. The van der Waals surface area contributed by atoms with Crippen molar-refractivity contribution in [3.05, 3.63) is 0 Å². The zero-order chi connectivity index (χ0) is 12.8. The molecule has 3 rings (SSSR count). The smallest absolute Gasteiger partial charge is 0.158 e. The number of hydrogen-bond acceptors (Lipinski definition) is 3. The van der Waals surface area contributed by atoms with Crippen LogP contribution in [-0.4, -0.2) is 29.7 Å². The number of hydrogen-bond donors (Lipinski definition) is 1. The summed E-state index contributed by atoms with van der Waals surface area (Å²) < 4.78 is 11.9. The Morgan fingerprint density at radius 1 is 1.28 bits per heavy atom. The minimum atomic E-state index is -0.490. The molecule has 5 atom stereocenters. The minimum Gasteiger partial charge on any atom is -0.389 e. The summed E-state index contributed by atoms with van der Waals surface area (Å²) in [6.07, 6.45) is 7.57. The third-order valence-corrected chi connectivity index (χ3v) is 5.86. The van der Waals surface area contributed by atoms with Crippen molar-refractivity contribution in [1.29, 1.82) is 0 Å². The van der Waals surface area contributed by atoms with E-state index in [9.17, 15) is 5.11 Å². The molecule has 2 saturated carbocycles. The van der Waals surface area contributed by atoms with E-state index >= 15 is 0 Å².